The second kappa shape index (κ2) is 8.14. The fraction of sp³-hybridized carbons (Fsp3) is 0.0476. The Hall–Kier alpha value is -3.67. The molecule has 0 aliphatic heterocycles. The molecule has 0 saturated heterocycles. The number of carboxylic acids is 1. The molecule has 0 spiro atoms. The van der Waals surface area contributed by atoms with E-state index in [1.54, 1.807) is 36.4 Å². The number of nitrogens with one attached hydrogen (secondary N) is 1. The van der Waals surface area contributed by atoms with Crippen molar-refractivity contribution >= 4 is 18.0 Å². The van der Waals surface area contributed by atoms with E-state index in [1.807, 2.05) is 0 Å². The largest absolute Gasteiger partial charge is 0.478 e. The van der Waals surface area contributed by atoms with Crippen molar-refractivity contribution in [2.75, 3.05) is 0 Å². The number of hydrogen-bond acceptors (Lipinski definition) is 3. The Kier molecular flexibility index (Phi) is 5.47. The highest BCUT2D eigenvalue weighted by Gasteiger charge is 2.05. The van der Waals surface area contributed by atoms with Gasteiger partial charge in [-0.05, 0) is 60.2 Å². The quantitative estimate of drug-likeness (QED) is 0.644. The van der Waals surface area contributed by atoms with Gasteiger partial charge in [0, 0.05) is 18.2 Å². The van der Waals surface area contributed by atoms with Gasteiger partial charge in [0.25, 0.3) is 0 Å². The van der Waals surface area contributed by atoms with Gasteiger partial charge >= 0.3 is 5.97 Å². The van der Waals surface area contributed by atoms with E-state index < -0.39 is 5.97 Å². The van der Waals surface area contributed by atoms with Crippen molar-refractivity contribution in [1.29, 1.82) is 0 Å². The molecule has 5 nitrogen and oxygen atoms in total. The summed E-state index contributed by atoms with van der Waals surface area (Å²) in [5.41, 5.74) is 1.73. The summed E-state index contributed by atoms with van der Waals surface area (Å²) in [6.45, 7) is 0.280. The van der Waals surface area contributed by atoms with Gasteiger partial charge in [0.15, 0.2) is 0 Å². The van der Waals surface area contributed by atoms with Crippen LogP contribution in [0.1, 0.15) is 21.7 Å². The van der Waals surface area contributed by atoms with E-state index in [1.165, 1.54) is 36.4 Å². The van der Waals surface area contributed by atoms with Crippen LogP contribution >= 0.6 is 0 Å². The van der Waals surface area contributed by atoms with Crippen molar-refractivity contribution < 1.29 is 23.5 Å². The molecule has 1 aromatic heterocycles. The summed E-state index contributed by atoms with van der Waals surface area (Å²) in [7, 11) is 0. The lowest BCUT2D eigenvalue weighted by Crippen LogP contribution is -2.20. The first-order valence-electron chi connectivity index (χ1n) is 8.15. The summed E-state index contributed by atoms with van der Waals surface area (Å²) in [5.74, 6) is -0.549. The summed E-state index contributed by atoms with van der Waals surface area (Å²) in [4.78, 5) is 22.7. The molecule has 0 bridgehead atoms. The highest BCUT2D eigenvalue weighted by Crippen LogP contribution is 2.23. The molecule has 136 valence electrons. The van der Waals surface area contributed by atoms with Crippen LogP contribution < -0.4 is 5.32 Å². The van der Waals surface area contributed by atoms with Gasteiger partial charge in [-0.2, -0.15) is 0 Å². The van der Waals surface area contributed by atoms with Crippen molar-refractivity contribution in [3.05, 3.63) is 89.4 Å². The van der Waals surface area contributed by atoms with E-state index >= 15 is 0 Å². The van der Waals surface area contributed by atoms with Gasteiger partial charge in [-0.25, -0.2) is 9.18 Å². The van der Waals surface area contributed by atoms with Gasteiger partial charge in [0.05, 0.1) is 5.56 Å². The molecular weight excluding hydrogens is 349 g/mol. The van der Waals surface area contributed by atoms with Crippen LogP contribution in [0.25, 0.3) is 17.4 Å². The standard InChI is InChI=1S/C21H16FNO4/c22-17-7-5-15(6-8-17)19-11-9-18(27-19)10-12-20(24)23-13-14-1-3-16(4-2-14)21(25)26/h1-12H,13H2,(H,23,24)(H,25,26)/b12-10+. The zero-order valence-corrected chi connectivity index (χ0v) is 14.2. The first-order valence-corrected chi connectivity index (χ1v) is 8.15. The average Bonchev–Trinajstić information content (AvgIpc) is 3.14. The van der Waals surface area contributed by atoms with Crippen LogP contribution in [0.15, 0.2) is 71.2 Å². The van der Waals surface area contributed by atoms with Crippen molar-refractivity contribution in [3.8, 4) is 11.3 Å². The molecule has 6 heteroatoms. The number of carboxylic acid groups (broad SMARTS) is 1. The van der Waals surface area contributed by atoms with Crippen LogP contribution in [-0.4, -0.2) is 17.0 Å². The van der Waals surface area contributed by atoms with Gasteiger partial charge in [-0.1, -0.05) is 12.1 Å². The smallest absolute Gasteiger partial charge is 0.335 e. The second-order valence-electron chi connectivity index (χ2n) is 5.76. The predicted octanol–water partition coefficient (Wildman–Crippen LogP) is 4.11. The zero-order chi connectivity index (χ0) is 19.2. The Morgan fingerprint density at radius 1 is 1.00 bits per heavy atom. The number of rotatable bonds is 6. The molecule has 0 saturated carbocycles. The van der Waals surface area contributed by atoms with Gasteiger partial charge < -0.3 is 14.8 Å². The molecule has 0 aliphatic carbocycles. The molecule has 3 aromatic rings. The summed E-state index contributed by atoms with van der Waals surface area (Å²) < 4.78 is 18.6. The zero-order valence-electron chi connectivity index (χ0n) is 14.2. The SMILES string of the molecule is O=C(/C=C/c1ccc(-c2ccc(F)cc2)o1)NCc1ccc(C(=O)O)cc1. The Labute approximate surface area is 154 Å². The first-order chi connectivity index (χ1) is 13.0. The van der Waals surface area contributed by atoms with E-state index in [0.29, 0.717) is 11.5 Å². The summed E-state index contributed by atoms with van der Waals surface area (Å²) in [6.07, 6.45) is 2.88. The molecule has 0 aliphatic rings. The lowest BCUT2D eigenvalue weighted by molar-refractivity contribution is -0.116. The van der Waals surface area contributed by atoms with Crippen LogP contribution in [-0.2, 0) is 11.3 Å². The molecular formula is C21H16FNO4. The van der Waals surface area contributed by atoms with Crippen molar-refractivity contribution in [3.63, 3.8) is 0 Å². The average molecular weight is 365 g/mol. The highest BCUT2D eigenvalue weighted by atomic mass is 19.1. The van der Waals surface area contributed by atoms with E-state index in [0.717, 1.165) is 11.1 Å². The number of benzene rings is 2. The molecule has 0 unspecified atom stereocenters. The van der Waals surface area contributed by atoms with Crippen LogP contribution in [0.5, 0.6) is 0 Å². The molecule has 1 heterocycles. The Bertz CT molecular complexity index is 972. The Morgan fingerprint density at radius 3 is 2.37 bits per heavy atom. The predicted molar refractivity (Wildman–Crippen MR) is 98.4 cm³/mol. The molecule has 1 amide bonds. The number of furan rings is 1. The third kappa shape index (κ3) is 4.92. The number of amides is 1. The summed E-state index contributed by atoms with van der Waals surface area (Å²) >= 11 is 0. The molecule has 27 heavy (non-hydrogen) atoms. The molecule has 2 aromatic carbocycles. The van der Waals surface area contributed by atoms with E-state index in [-0.39, 0.29) is 23.8 Å². The minimum absolute atomic E-state index is 0.194. The summed E-state index contributed by atoms with van der Waals surface area (Å²) in [5, 5.41) is 11.6. The van der Waals surface area contributed by atoms with Crippen molar-refractivity contribution in [1.82, 2.24) is 5.32 Å². The molecule has 0 fully saturated rings. The number of hydrogen-bond donors (Lipinski definition) is 2. The van der Waals surface area contributed by atoms with Gasteiger partial charge in [0.2, 0.25) is 5.91 Å². The number of aromatic carboxylic acids is 1. The monoisotopic (exact) mass is 365 g/mol. The normalized spacial score (nSPS) is 10.9. The highest BCUT2D eigenvalue weighted by molar-refractivity contribution is 5.91. The molecule has 0 atom stereocenters. The number of carbonyl (C=O) groups excluding carboxylic acids is 1. The van der Waals surface area contributed by atoms with Crippen LogP contribution in [0.4, 0.5) is 4.39 Å². The number of halogens is 1. The van der Waals surface area contributed by atoms with Gasteiger partial charge in [0.1, 0.15) is 17.3 Å². The molecule has 2 N–H and O–H groups in total. The third-order valence-corrected chi connectivity index (χ3v) is 3.82. The maximum atomic E-state index is 13.0. The minimum Gasteiger partial charge on any atom is -0.478 e. The van der Waals surface area contributed by atoms with E-state index in [4.69, 9.17) is 9.52 Å². The van der Waals surface area contributed by atoms with E-state index in [2.05, 4.69) is 5.32 Å². The lowest BCUT2D eigenvalue weighted by atomic mass is 10.1. The van der Waals surface area contributed by atoms with Gasteiger partial charge in [-0.15, -0.1) is 0 Å². The fourth-order valence-corrected chi connectivity index (χ4v) is 2.38. The molecule has 3 rings (SSSR count). The third-order valence-electron chi connectivity index (χ3n) is 3.82. The van der Waals surface area contributed by atoms with E-state index in [9.17, 15) is 14.0 Å². The molecule has 0 radical (unpaired) electrons. The van der Waals surface area contributed by atoms with Crippen LogP contribution in [0, 0.1) is 5.82 Å². The fourth-order valence-electron chi connectivity index (χ4n) is 2.38. The lowest BCUT2D eigenvalue weighted by Gasteiger charge is -2.03. The van der Waals surface area contributed by atoms with Crippen molar-refractivity contribution in [2.24, 2.45) is 0 Å². The number of carbonyl (C=O) groups is 2. The summed E-state index contributed by atoms with van der Waals surface area (Å²) in [6, 6.07) is 15.7. The topological polar surface area (TPSA) is 79.5 Å². The minimum atomic E-state index is -0.994. The maximum absolute atomic E-state index is 13.0. The maximum Gasteiger partial charge on any atom is 0.335 e. The Balaban J connectivity index is 1.55. The van der Waals surface area contributed by atoms with Crippen LogP contribution in [0.2, 0.25) is 0 Å². The van der Waals surface area contributed by atoms with Crippen molar-refractivity contribution in [2.45, 2.75) is 6.54 Å². The second-order valence-corrected chi connectivity index (χ2v) is 5.76. The van der Waals surface area contributed by atoms with Gasteiger partial charge in [-0.3, -0.25) is 4.79 Å². The first kappa shape index (κ1) is 18.1. The Morgan fingerprint density at radius 2 is 1.70 bits per heavy atom. The van der Waals surface area contributed by atoms with Crippen LogP contribution in [0.3, 0.4) is 0 Å².